The maximum absolute atomic E-state index is 9.12. The van der Waals surface area contributed by atoms with Crippen LogP contribution in [0.15, 0.2) is 24.3 Å². The minimum Gasteiger partial charge on any atom is -0.491 e. The van der Waals surface area contributed by atoms with E-state index in [0.717, 1.165) is 6.42 Å². The predicted octanol–water partition coefficient (Wildman–Crippen LogP) is 1.73. The van der Waals surface area contributed by atoms with Crippen LogP contribution in [0.3, 0.4) is 0 Å². The summed E-state index contributed by atoms with van der Waals surface area (Å²) in [4.78, 5) is 0. The molecule has 1 aromatic rings. The summed E-state index contributed by atoms with van der Waals surface area (Å²) < 4.78 is 11.6. The summed E-state index contributed by atoms with van der Waals surface area (Å²) in [7, 11) is -1.46. The highest BCUT2D eigenvalue weighted by Gasteiger charge is 2.23. The molecule has 0 amide bonds. The van der Waals surface area contributed by atoms with Gasteiger partial charge >= 0.3 is 7.12 Å². The third kappa shape index (κ3) is 5.02. The third-order valence-electron chi connectivity index (χ3n) is 4.20. The van der Waals surface area contributed by atoms with Crippen molar-refractivity contribution in [2.45, 2.75) is 45.1 Å². The van der Waals surface area contributed by atoms with Crippen LogP contribution in [-0.2, 0) is 4.74 Å². The first-order chi connectivity index (χ1) is 10.2. The molecule has 4 nitrogen and oxygen atoms in total. The van der Waals surface area contributed by atoms with Gasteiger partial charge in [-0.15, -0.1) is 0 Å². The van der Waals surface area contributed by atoms with Crippen LogP contribution < -0.4 is 10.2 Å². The zero-order valence-corrected chi connectivity index (χ0v) is 12.7. The second-order valence-corrected chi connectivity index (χ2v) is 5.66. The van der Waals surface area contributed by atoms with Crippen LogP contribution in [0, 0.1) is 5.92 Å². The molecule has 5 heteroatoms. The van der Waals surface area contributed by atoms with Crippen molar-refractivity contribution in [3.63, 3.8) is 0 Å². The molecule has 116 valence electrons. The Morgan fingerprint density at radius 3 is 2.76 bits per heavy atom. The van der Waals surface area contributed by atoms with Crippen molar-refractivity contribution in [3.05, 3.63) is 24.3 Å². The first-order valence-corrected chi connectivity index (χ1v) is 7.91. The van der Waals surface area contributed by atoms with Crippen molar-refractivity contribution in [2.75, 3.05) is 13.2 Å². The number of rotatable bonds is 7. The van der Waals surface area contributed by atoms with E-state index in [4.69, 9.17) is 19.5 Å². The molecule has 0 aliphatic heterocycles. The first-order valence-electron chi connectivity index (χ1n) is 7.91. The molecule has 21 heavy (non-hydrogen) atoms. The van der Waals surface area contributed by atoms with Gasteiger partial charge in [-0.25, -0.2) is 0 Å². The summed E-state index contributed by atoms with van der Waals surface area (Å²) in [6.07, 6.45) is 6.58. The largest absolute Gasteiger partial charge is 0.491 e. The molecule has 0 saturated heterocycles. The molecule has 1 saturated carbocycles. The van der Waals surface area contributed by atoms with Crippen LogP contribution >= 0.6 is 0 Å². The lowest BCUT2D eigenvalue weighted by atomic mass is 9.80. The molecule has 2 atom stereocenters. The molecular weight excluding hydrogens is 267 g/mol. The van der Waals surface area contributed by atoms with Crippen molar-refractivity contribution < 1.29 is 19.5 Å². The van der Waals surface area contributed by atoms with Gasteiger partial charge in [-0.2, -0.15) is 0 Å². The summed E-state index contributed by atoms with van der Waals surface area (Å²) in [5.41, 5.74) is 0.437. The van der Waals surface area contributed by atoms with Crippen molar-refractivity contribution in [3.8, 4) is 5.75 Å². The van der Waals surface area contributed by atoms with E-state index in [2.05, 4.69) is 6.92 Å². The van der Waals surface area contributed by atoms with Crippen LogP contribution in [0.1, 0.15) is 39.0 Å². The SMILES string of the molecule is CCC1CCCCC1OCCOc1cccc(B(O)O)c1. The Hall–Kier alpha value is -1.04. The van der Waals surface area contributed by atoms with Crippen molar-refractivity contribution >= 4 is 12.6 Å². The van der Waals surface area contributed by atoms with Gasteiger partial charge in [-0.1, -0.05) is 38.3 Å². The van der Waals surface area contributed by atoms with E-state index in [9.17, 15) is 0 Å². The minimum atomic E-state index is -1.46. The average Bonchev–Trinajstić information content (AvgIpc) is 2.52. The smallest absolute Gasteiger partial charge is 0.488 e. The van der Waals surface area contributed by atoms with Crippen LogP contribution in [0.4, 0.5) is 0 Å². The topological polar surface area (TPSA) is 58.9 Å². The number of benzene rings is 1. The second-order valence-electron chi connectivity index (χ2n) is 5.66. The molecule has 2 N–H and O–H groups in total. The van der Waals surface area contributed by atoms with E-state index in [-0.39, 0.29) is 0 Å². The summed E-state index contributed by atoms with van der Waals surface area (Å²) >= 11 is 0. The quantitative estimate of drug-likeness (QED) is 0.593. The molecule has 0 spiro atoms. The Labute approximate surface area is 127 Å². The number of hydrogen-bond donors (Lipinski definition) is 2. The van der Waals surface area contributed by atoms with Gasteiger partial charge in [0.05, 0.1) is 12.7 Å². The summed E-state index contributed by atoms with van der Waals surface area (Å²) in [5, 5.41) is 18.2. The molecular formula is C16H25BO4. The van der Waals surface area contributed by atoms with Crippen molar-refractivity contribution in [1.29, 1.82) is 0 Å². The summed E-state index contributed by atoms with van der Waals surface area (Å²) in [6, 6.07) is 6.85. The van der Waals surface area contributed by atoms with Crippen LogP contribution in [0.25, 0.3) is 0 Å². The van der Waals surface area contributed by atoms with Gasteiger partial charge < -0.3 is 19.5 Å². The fraction of sp³-hybridized carbons (Fsp3) is 0.625. The highest BCUT2D eigenvalue weighted by atomic mass is 16.5. The molecule has 1 aliphatic rings. The zero-order valence-electron chi connectivity index (χ0n) is 12.7. The maximum atomic E-state index is 9.12. The predicted molar refractivity (Wildman–Crippen MR) is 83.8 cm³/mol. The fourth-order valence-corrected chi connectivity index (χ4v) is 2.98. The van der Waals surface area contributed by atoms with E-state index in [0.29, 0.717) is 36.4 Å². The lowest BCUT2D eigenvalue weighted by Gasteiger charge is -2.30. The Balaban J connectivity index is 1.73. The standard InChI is InChI=1S/C16H25BO4/c1-2-13-6-3-4-9-16(13)21-11-10-20-15-8-5-7-14(12-15)17(18)19/h5,7-8,12-13,16,18-19H,2-4,6,9-11H2,1H3. The number of ether oxygens (including phenoxy) is 2. The monoisotopic (exact) mass is 292 g/mol. The third-order valence-corrected chi connectivity index (χ3v) is 4.20. The molecule has 2 rings (SSSR count). The van der Waals surface area contributed by atoms with E-state index in [1.54, 1.807) is 24.3 Å². The minimum absolute atomic E-state index is 0.373. The van der Waals surface area contributed by atoms with Gasteiger partial charge in [0, 0.05) is 0 Å². The van der Waals surface area contributed by atoms with Gasteiger partial charge in [0.2, 0.25) is 0 Å². The summed E-state index contributed by atoms with van der Waals surface area (Å²) in [5.74, 6) is 1.33. The van der Waals surface area contributed by atoms with Crippen LogP contribution in [-0.4, -0.2) is 36.5 Å². The van der Waals surface area contributed by atoms with E-state index in [1.165, 1.54) is 25.7 Å². The van der Waals surface area contributed by atoms with Gasteiger partial charge in [0.25, 0.3) is 0 Å². The Morgan fingerprint density at radius 2 is 2.00 bits per heavy atom. The number of hydrogen-bond acceptors (Lipinski definition) is 4. The van der Waals surface area contributed by atoms with Gasteiger partial charge in [0.1, 0.15) is 12.4 Å². The summed E-state index contributed by atoms with van der Waals surface area (Å²) in [6.45, 7) is 3.29. The normalized spacial score (nSPS) is 22.0. The van der Waals surface area contributed by atoms with E-state index in [1.807, 2.05) is 0 Å². The molecule has 2 unspecified atom stereocenters. The lowest BCUT2D eigenvalue weighted by Crippen LogP contribution is -2.30. The van der Waals surface area contributed by atoms with Gasteiger partial charge in [-0.3, -0.25) is 0 Å². The van der Waals surface area contributed by atoms with Crippen LogP contribution in [0.2, 0.25) is 0 Å². The Morgan fingerprint density at radius 1 is 1.19 bits per heavy atom. The fourth-order valence-electron chi connectivity index (χ4n) is 2.98. The molecule has 0 heterocycles. The molecule has 0 aromatic heterocycles. The van der Waals surface area contributed by atoms with Crippen molar-refractivity contribution in [1.82, 2.24) is 0 Å². The van der Waals surface area contributed by atoms with E-state index >= 15 is 0 Å². The molecule has 0 bridgehead atoms. The zero-order chi connectivity index (χ0) is 15.1. The molecule has 1 fully saturated rings. The average molecular weight is 292 g/mol. The van der Waals surface area contributed by atoms with Gasteiger partial charge in [0.15, 0.2) is 0 Å². The first kappa shape index (κ1) is 16.3. The Kier molecular flexibility index (Phi) is 6.55. The maximum Gasteiger partial charge on any atom is 0.488 e. The highest BCUT2D eigenvalue weighted by molar-refractivity contribution is 6.58. The van der Waals surface area contributed by atoms with Gasteiger partial charge in [-0.05, 0) is 36.4 Å². The lowest BCUT2D eigenvalue weighted by molar-refractivity contribution is -0.0228. The second kappa shape index (κ2) is 8.42. The van der Waals surface area contributed by atoms with Crippen molar-refractivity contribution in [2.24, 2.45) is 5.92 Å². The van der Waals surface area contributed by atoms with Crippen LogP contribution in [0.5, 0.6) is 5.75 Å². The molecule has 1 aliphatic carbocycles. The molecule has 0 radical (unpaired) electrons. The highest BCUT2D eigenvalue weighted by Crippen LogP contribution is 2.28. The Bertz CT molecular complexity index is 424. The molecule has 1 aromatic carbocycles. The van der Waals surface area contributed by atoms with E-state index < -0.39 is 7.12 Å².